The molecular weight excluding hydrogens is 461 g/mol. The molecule has 0 bridgehead atoms. The Labute approximate surface area is 175 Å². The van der Waals surface area contributed by atoms with E-state index in [1.54, 1.807) is 12.1 Å². The Balaban J connectivity index is 1.79. The van der Waals surface area contributed by atoms with Gasteiger partial charge in [0.1, 0.15) is 11.5 Å². The smallest absolute Gasteiger partial charge is 0.468 e. The Kier molecular flexibility index (Phi) is 6.29. The van der Waals surface area contributed by atoms with E-state index in [0.29, 0.717) is 11.8 Å². The third-order valence-corrected chi connectivity index (χ3v) is 6.54. The van der Waals surface area contributed by atoms with Gasteiger partial charge in [-0.2, -0.15) is 0 Å². The minimum atomic E-state index is -4.98. The second kappa shape index (κ2) is 8.61. The lowest BCUT2D eigenvalue weighted by atomic mass is 10.3. The van der Waals surface area contributed by atoms with Gasteiger partial charge in [0.05, 0.1) is 28.3 Å². The summed E-state index contributed by atoms with van der Waals surface area (Å²) in [6.07, 6.45) is -3.60. The highest BCUT2D eigenvalue weighted by Crippen LogP contribution is 2.26. The average molecular weight is 476 g/mol. The van der Waals surface area contributed by atoms with Crippen molar-refractivity contribution in [3.63, 3.8) is 0 Å². The lowest BCUT2D eigenvalue weighted by Gasteiger charge is -2.12. The van der Waals surface area contributed by atoms with Crippen molar-refractivity contribution in [2.75, 3.05) is 4.72 Å². The molecule has 8 nitrogen and oxygen atoms in total. The van der Waals surface area contributed by atoms with Crippen LogP contribution in [0.1, 0.15) is 5.76 Å². The van der Waals surface area contributed by atoms with Crippen molar-refractivity contribution in [1.82, 2.24) is 4.72 Å². The van der Waals surface area contributed by atoms with E-state index in [9.17, 15) is 30.0 Å². The Morgan fingerprint density at radius 3 is 2.19 bits per heavy atom. The molecule has 2 N–H and O–H groups in total. The molecule has 0 saturated carbocycles. The number of rotatable bonds is 8. The Hall–Kier alpha value is -3.03. The first-order valence-corrected chi connectivity index (χ1v) is 11.4. The number of anilines is 1. The Morgan fingerprint density at radius 2 is 1.55 bits per heavy atom. The summed E-state index contributed by atoms with van der Waals surface area (Å²) in [6, 6.07) is 11.9. The molecule has 3 rings (SSSR count). The zero-order valence-electron chi connectivity index (χ0n) is 15.5. The van der Waals surface area contributed by atoms with Crippen LogP contribution in [0.3, 0.4) is 0 Å². The number of halogens is 3. The maximum atomic E-state index is 12.5. The average Bonchev–Trinajstić information content (AvgIpc) is 3.19. The van der Waals surface area contributed by atoms with E-state index in [1.165, 1.54) is 24.5 Å². The molecule has 1 heterocycles. The van der Waals surface area contributed by atoms with Gasteiger partial charge in [-0.25, -0.2) is 21.6 Å². The molecule has 0 aliphatic carbocycles. The fourth-order valence-corrected chi connectivity index (χ4v) is 4.56. The molecule has 0 aliphatic heterocycles. The van der Waals surface area contributed by atoms with Crippen LogP contribution in [0.15, 0.2) is 81.1 Å². The van der Waals surface area contributed by atoms with Crippen LogP contribution in [0, 0.1) is 0 Å². The predicted molar refractivity (Wildman–Crippen MR) is 103 cm³/mol. The molecule has 0 atom stereocenters. The fraction of sp³-hybridized carbons (Fsp3) is 0.111. The normalized spacial score (nSPS) is 12.5. The first-order valence-electron chi connectivity index (χ1n) is 8.45. The minimum Gasteiger partial charge on any atom is -0.468 e. The van der Waals surface area contributed by atoms with E-state index in [1.807, 2.05) is 0 Å². The molecule has 0 amide bonds. The summed E-state index contributed by atoms with van der Waals surface area (Å²) < 4.78 is 100. The largest absolute Gasteiger partial charge is 0.573 e. The van der Waals surface area contributed by atoms with E-state index in [2.05, 4.69) is 14.2 Å². The van der Waals surface area contributed by atoms with Crippen LogP contribution < -0.4 is 14.2 Å². The summed E-state index contributed by atoms with van der Waals surface area (Å²) in [4.78, 5) is -0.730. The van der Waals surface area contributed by atoms with Crippen LogP contribution >= 0.6 is 0 Å². The van der Waals surface area contributed by atoms with Gasteiger partial charge < -0.3 is 9.15 Å². The van der Waals surface area contributed by atoms with Gasteiger partial charge in [-0.1, -0.05) is 12.1 Å². The molecule has 3 aromatic rings. The lowest BCUT2D eigenvalue weighted by Crippen LogP contribution is -2.23. The van der Waals surface area contributed by atoms with Crippen LogP contribution in [-0.2, 0) is 26.6 Å². The highest BCUT2D eigenvalue weighted by Gasteiger charge is 2.31. The molecule has 31 heavy (non-hydrogen) atoms. The van der Waals surface area contributed by atoms with Gasteiger partial charge >= 0.3 is 6.36 Å². The number of alkyl halides is 3. The fourth-order valence-electron chi connectivity index (χ4n) is 2.44. The predicted octanol–water partition coefficient (Wildman–Crippen LogP) is 3.46. The Morgan fingerprint density at radius 1 is 0.871 bits per heavy atom. The molecule has 2 aromatic carbocycles. The van der Waals surface area contributed by atoms with Crippen molar-refractivity contribution >= 4 is 25.7 Å². The SMILES string of the molecule is O=S(=O)(NCc1ccco1)c1cccc(NS(=O)(=O)c2cccc(OC(F)(F)F)c2)c1. The summed E-state index contributed by atoms with van der Waals surface area (Å²) in [7, 11) is -8.32. The maximum absolute atomic E-state index is 12.5. The highest BCUT2D eigenvalue weighted by atomic mass is 32.2. The summed E-state index contributed by atoms with van der Waals surface area (Å²) in [6.45, 7) is -0.114. The van der Waals surface area contributed by atoms with Gasteiger partial charge in [0.25, 0.3) is 10.0 Å². The zero-order chi connectivity index (χ0) is 22.7. The third kappa shape index (κ3) is 6.23. The molecule has 0 saturated heterocycles. The number of ether oxygens (including phenoxy) is 1. The molecule has 0 aliphatic rings. The van der Waals surface area contributed by atoms with Crippen LogP contribution in [0.4, 0.5) is 18.9 Å². The van der Waals surface area contributed by atoms with Crippen LogP contribution in [-0.4, -0.2) is 23.2 Å². The first-order chi connectivity index (χ1) is 14.4. The van der Waals surface area contributed by atoms with E-state index >= 15 is 0 Å². The number of nitrogens with one attached hydrogen (secondary N) is 2. The number of furan rings is 1. The molecule has 166 valence electrons. The van der Waals surface area contributed by atoms with Gasteiger partial charge in [-0.05, 0) is 42.5 Å². The van der Waals surface area contributed by atoms with E-state index in [0.717, 1.165) is 24.3 Å². The second-order valence-corrected chi connectivity index (χ2v) is 9.51. The van der Waals surface area contributed by atoms with Crippen LogP contribution in [0.2, 0.25) is 0 Å². The molecule has 1 aromatic heterocycles. The Bertz CT molecular complexity index is 1260. The van der Waals surface area contributed by atoms with Gasteiger partial charge in [-0.3, -0.25) is 4.72 Å². The summed E-state index contributed by atoms with van der Waals surface area (Å²) in [5, 5.41) is 0. The summed E-state index contributed by atoms with van der Waals surface area (Å²) >= 11 is 0. The topological polar surface area (TPSA) is 115 Å². The molecule has 0 radical (unpaired) electrons. The van der Waals surface area contributed by atoms with Gasteiger partial charge in [0.15, 0.2) is 0 Å². The summed E-state index contributed by atoms with van der Waals surface area (Å²) in [5.74, 6) is -0.338. The van der Waals surface area contributed by atoms with Crippen molar-refractivity contribution in [3.05, 3.63) is 72.7 Å². The standard InChI is InChI=1S/C18H15F3N2O6S2/c19-18(20,21)29-14-5-2-8-17(11-14)31(26,27)23-13-4-1-7-16(10-13)30(24,25)22-12-15-6-3-9-28-15/h1-11,22-23H,12H2. The third-order valence-electron chi connectivity index (χ3n) is 3.76. The number of sulfonamides is 2. The second-order valence-electron chi connectivity index (χ2n) is 6.06. The van der Waals surface area contributed by atoms with Crippen LogP contribution in [0.25, 0.3) is 0 Å². The van der Waals surface area contributed by atoms with Crippen molar-refractivity contribution in [2.24, 2.45) is 0 Å². The molecular formula is C18H15F3N2O6S2. The van der Waals surface area contributed by atoms with Gasteiger partial charge in [-0.15, -0.1) is 13.2 Å². The highest BCUT2D eigenvalue weighted by molar-refractivity contribution is 7.92. The molecule has 0 unspecified atom stereocenters. The monoisotopic (exact) mass is 476 g/mol. The van der Waals surface area contributed by atoms with Crippen molar-refractivity contribution < 1.29 is 39.2 Å². The van der Waals surface area contributed by atoms with E-state index in [-0.39, 0.29) is 17.1 Å². The maximum Gasteiger partial charge on any atom is 0.573 e. The van der Waals surface area contributed by atoms with Gasteiger partial charge in [0.2, 0.25) is 10.0 Å². The lowest BCUT2D eigenvalue weighted by molar-refractivity contribution is -0.274. The quantitative estimate of drug-likeness (QED) is 0.515. The number of benzene rings is 2. The molecule has 0 spiro atoms. The number of hydrogen-bond donors (Lipinski definition) is 2. The minimum absolute atomic E-state index is 0.108. The zero-order valence-corrected chi connectivity index (χ0v) is 17.1. The molecule has 0 fully saturated rings. The van der Waals surface area contributed by atoms with Crippen LogP contribution in [0.5, 0.6) is 5.75 Å². The summed E-state index contributed by atoms with van der Waals surface area (Å²) in [5.41, 5.74) is -0.108. The molecule has 13 heteroatoms. The van der Waals surface area contributed by atoms with E-state index < -0.39 is 37.1 Å². The van der Waals surface area contributed by atoms with Crippen molar-refractivity contribution in [1.29, 1.82) is 0 Å². The van der Waals surface area contributed by atoms with E-state index in [4.69, 9.17) is 4.42 Å². The van der Waals surface area contributed by atoms with Crippen molar-refractivity contribution in [2.45, 2.75) is 22.7 Å². The van der Waals surface area contributed by atoms with Crippen molar-refractivity contribution in [3.8, 4) is 5.75 Å². The van der Waals surface area contributed by atoms with Gasteiger partial charge in [0, 0.05) is 6.07 Å². The first kappa shape index (κ1) is 22.7. The number of hydrogen-bond acceptors (Lipinski definition) is 6.